The predicted molar refractivity (Wildman–Crippen MR) is 334 cm³/mol. The zero-order valence-corrected chi connectivity index (χ0v) is 51.0. The van der Waals surface area contributed by atoms with E-state index in [-0.39, 0.29) is 114 Å². The molecule has 88 heavy (non-hydrogen) atoms. The van der Waals surface area contributed by atoms with Crippen LogP contribution in [-0.4, -0.2) is 128 Å². The van der Waals surface area contributed by atoms with E-state index in [9.17, 15) is 9.59 Å². The highest BCUT2D eigenvalue weighted by Crippen LogP contribution is 2.60. The number of nitrogens with zero attached hydrogens (tertiary/aromatic N) is 24. The van der Waals surface area contributed by atoms with Crippen molar-refractivity contribution in [1.82, 2.24) is 116 Å². The number of hydrogen-bond acceptors (Lipinski definition) is 22. The van der Waals surface area contributed by atoms with E-state index in [1.807, 2.05) is 0 Å². The first-order valence-electron chi connectivity index (χ1n) is 25.6. The first-order valence-corrected chi connectivity index (χ1v) is 30.2. The Morgan fingerprint density at radius 3 is 0.727 bits per heavy atom. The van der Waals surface area contributed by atoms with Crippen molar-refractivity contribution in [1.29, 1.82) is 0 Å². The number of carbonyl (C=O) groups excluding carboxylic acids is 2. The third-order valence-corrected chi connectivity index (χ3v) is 17.8. The lowest BCUT2D eigenvalue weighted by molar-refractivity contribution is 0.102. The number of rotatable bonds is 29. The van der Waals surface area contributed by atoms with Crippen molar-refractivity contribution in [3.8, 4) is 34.1 Å². The third kappa shape index (κ3) is 12.1. The van der Waals surface area contributed by atoms with Crippen molar-refractivity contribution in [3.05, 3.63) is 209 Å². The van der Waals surface area contributed by atoms with Crippen LogP contribution in [0.2, 0.25) is 0 Å². The third-order valence-electron chi connectivity index (χ3n) is 12.1. The Bertz CT molecular complexity index is 4000. The van der Waals surface area contributed by atoms with Gasteiger partial charge >= 0.3 is 33.8 Å². The molecule has 0 aliphatic heterocycles. The molecule has 10 aromatic rings. The van der Waals surface area contributed by atoms with Crippen molar-refractivity contribution >= 4 is 94.0 Å². The molecule has 0 amide bonds. The summed E-state index contributed by atoms with van der Waals surface area (Å²) in [6, 6.07) is 3.01. The summed E-state index contributed by atoms with van der Waals surface area (Å²) in [7, 11) is -9.78. The maximum atomic E-state index is 15.0. The highest BCUT2D eigenvalue weighted by molar-refractivity contribution is 7.50. The van der Waals surface area contributed by atoms with Gasteiger partial charge in [0.15, 0.2) is 58.2 Å². The summed E-state index contributed by atoms with van der Waals surface area (Å²) in [5.41, 5.74) is 0.704. The van der Waals surface area contributed by atoms with Crippen molar-refractivity contribution in [3.63, 3.8) is 0 Å². The fraction of sp³-hybridized carbons (Fsp3) is 0.0741. The van der Waals surface area contributed by atoms with Gasteiger partial charge in [0.2, 0.25) is 0 Å². The summed E-state index contributed by atoms with van der Waals surface area (Å²) in [5, 5.41) is 37.6. The minimum atomic E-state index is -2.45. The summed E-state index contributed by atoms with van der Waals surface area (Å²) >= 11 is 0. The van der Waals surface area contributed by atoms with Crippen molar-refractivity contribution in [2.45, 2.75) is 27.7 Å². The Labute approximate surface area is 506 Å². The van der Waals surface area contributed by atoms with Gasteiger partial charge in [-0.15, -0.1) is 40.8 Å². The molecule has 0 fully saturated rings. The summed E-state index contributed by atoms with van der Waals surface area (Å²) in [6.45, 7) is 45.6. The molecular weight excluding hydrogens is 1200 g/mol. The quantitative estimate of drug-likeness (QED) is 0.0239. The van der Waals surface area contributed by atoms with E-state index in [0.717, 1.165) is 0 Å². The molecule has 8 heterocycles. The smallest absolute Gasteiger partial charge is 0.355 e. The number of carbonyl (C=O) groups is 2. The maximum absolute atomic E-state index is 15.0. The molecule has 10 rings (SSSR count). The van der Waals surface area contributed by atoms with Gasteiger partial charge in [-0.2, -0.15) is 35.6 Å². The van der Waals surface area contributed by atoms with Crippen LogP contribution in [0.1, 0.15) is 92.3 Å². The molecule has 2 aromatic carbocycles. The molecule has 0 aliphatic carbocycles. The lowest BCUT2D eigenvalue weighted by Gasteiger charge is -2.29. The van der Waals surface area contributed by atoms with E-state index in [2.05, 4.69) is 106 Å². The fourth-order valence-corrected chi connectivity index (χ4v) is 13.1. The van der Waals surface area contributed by atoms with Gasteiger partial charge in [-0.05, 0) is 99.6 Å². The maximum Gasteiger partial charge on any atom is 0.355 e. The summed E-state index contributed by atoms with van der Waals surface area (Å²) in [6.07, 6.45) is 22.9. The largest absolute Gasteiger partial charge is 0.433 e. The van der Waals surface area contributed by atoms with Crippen LogP contribution >= 0.6 is 33.8 Å². The fourth-order valence-electron chi connectivity index (χ4n) is 7.84. The average molecular weight is 1260 g/mol. The predicted octanol–water partition coefficient (Wildman–Crippen LogP) is 10.2. The second kappa shape index (κ2) is 25.8. The normalized spacial score (nSPS) is 11.2. The van der Waals surface area contributed by atoms with E-state index in [1.54, 1.807) is 27.7 Å². The lowest BCUT2D eigenvalue weighted by Crippen LogP contribution is -2.15. The molecule has 30 nitrogen and oxygen atoms in total. The molecule has 0 spiro atoms. The number of Topliss-reactive ketones (excluding diaryl/α,β-unsaturated/α-hetero) is 2. The molecule has 0 bridgehead atoms. The van der Waals surface area contributed by atoms with Gasteiger partial charge in [0.25, 0.3) is 0 Å². The highest BCUT2D eigenvalue weighted by atomic mass is 31.2. The van der Waals surface area contributed by atoms with Crippen LogP contribution in [0.5, 0.6) is 23.0 Å². The monoisotopic (exact) mass is 1250 g/mol. The van der Waals surface area contributed by atoms with E-state index in [0.29, 0.717) is 0 Å². The van der Waals surface area contributed by atoms with Crippen LogP contribution in [0, 0.1) is 13.8 Å². The lowest BCUT2D eigenvalue weighted by atomic mass is 9.89. The van der Waals surface area contributed by atoms with Crippen LogP contribution in [0.3, 0.4) is 0 Å². The molecule has 0 saturated heterocycles. The van der Waals surface area contributed by atoms with Crippen molar-refractivity contribution in [2.75, 3.05) is 0 Å². The number of hydrogen-bond donors (Lipinski definition) is 0. The standard InChI is InChI=1S/C54H50N24O6P4/c1-15-41-55-25-71(63-41)85(72-26-56-42(16-2)64-72)81-39-23-37(51(79)33(9)10)35(13)53(83-87(75-29-59-45(19-5)67-75)76-30-60-46(20-6)68-76)49(39)50-40(82-86(73-27-57-43(17-3)65-73)74-28-58-44(18-4)66-74)24-38(52(80)34(11)12)36(14)54(50)84-88(77-31-61-47(21-7)69-77)78-32-62-48(22-8)70-78/h15-32H,1-9,11H2,10,12-14H3. The molecule has 0 atom stereocenters. The van der Waals surface area contributed by atoms with Gasteiger partial charge in [-0.3, -0.25) is 9.59 Å². The Morgan fingerprint density at radius 2 is 0.557 bits per heavy atom. The van der Waals surface area contributed by atoms with E-state index >= 15 is 0 Å². The van der Waals surface area contributed by atoms with Crippen LogP contribution in [0.4, 0.5) is 0 Å². The highest BCUT2D eigenvalue weighted by Gasteiger charge is 2.39. The molecule has 34 heteroatoms. The molecule has 0 radical (unpaired) electrons. The molecule has 0 aliphatic rings. The van der Waals surface area contributed by atoms with Gasteiger partial charge in [0.05, 0.1) is 11.1 Å². The molecule has 0 N–H and O–H groups in total. The number of aromatic nitrogens is 24. The Balaban J connectivity index is 1.41. The van der Waals surface area contributed by atoms with Crippen LogP contribution in [0.25, 0.3) is 59.7 Å². The summed E-state index contributed by atoms with van der Waals surface area (Å²) < 4.78 is 41.1. The van der Waals surface area contributed by atoms with Crippen molar-refractivity contribution < 1.29 is 27.7 Å². The van der Waals surface area contributed by atoms with E-state index in [1.165, 1.54) is 147 Å². The zero-order chi connectivity index (χ0) is 62.5. The van der Waals surface area contributed by atoms with Gasteiger partial charge in [-0.25, -0.2) is 39.9 Å². The summed E-state index contributed by atoms with van der Waals surface area (Å²) in [4.78, 5) is 65.6. The minimum Gasteiger partial charge on any atom is -0.433 e. The van der Waals surface area contributed by atoms with E-state index < -0.39 is 45.4 Å². The van der Waals surface area contributed by atoms with Crippen LogP contribution in [0.15, 0.2) is 140 Å². The Kier molecular flexibility index (Phi) is 17.7. The molecule has 8 aromatic heterocycles. The number of benzene rings is 2. The average Bonchev–Trinajstić information content (AvgIpc) is 1.01. The molecular formula is C54H50N24O6P4. The number of allylic oxidation sites excluding steroid dienone is 2. The zero-order valence-electron chi connectivity index (χ0n) is 47.4. The molecule has 442 valence electrons. The van der Waals surface area contributed by atoms with Gasteiger partial charge < -0.3 is 18.1 Å². The van der Waals surface area contributed by atoms with E-state index in [4.69, 9.17) is 58.9 Å². The van der Waals surface area contributed by atoms with Crippen LogP contribution in [-0.2, 0) is 0 Å². The number of ketones is 2. The molecule has 0 unspecified atom stereocenters. The first kappa shape index (κ1) is 60.3. The SMILES string of the molecule is C=Cc1ncn(P(Oc2cc(C(=O)C(=C)C)c(C)c(OP(n3cnc(C=C)n3)n3cnc(C=C)n3)c2-c2c(OP(n3cnc(C=C)n3)n3cnc(C=C)n3)cc(C(=O)C(=C)C)c(C)c2OP(n2cnc(C=C)n2)n2cnc(C=C)n2)n2cnc(C=C)n2)n1. The van der Waals surface area contributed by atoms with Gasteiger partial charge in [0.1, 0.15) is 73.6 Å². The topological polar surface area (TPSA) is 317 Å². The van der Waals surface area contributed by atoms with Gasteiger partial charge in [0, 0.05) is 22.3 Å². The second-order valence-electron chi connectivity index (χ2n) is 17.9. The Hall–Kier alpha value is -10.8. The minimum absolute atomic E-state index is 0.0178. The molecule has 0 saturated carbocycles. The summed E-state index contributed by atoms with van der Waals surface area (Å²) in [5.74, 6) is 0.249. The second-order valence-corrected chi connectivity index (χ2v) is 23.9. The Morgan fingerprint density at radius 1 is 0.364 bits per heavy atom. The van der Waals surface area contributed by atoms with Gasteiger partial charge in [-0.1, -0.05) is 65.8 Å². The first-order chi connectivity index (χ1) is 42.5. The van der Waals surface area contributed by atoms with Crippen LogP contribution < -0.4 is 18.1 Å². The van der Waals surface area contributed by atoms with Crippen molar-refractivity contribution in [2.24, 2.45) is 0 Å².